The molecule has 1 aliphatic rings. The molecule has 0 bridgehead atoms. The van der Waals surface area contributed by atoms with Crippen LogP contribution in [0.25, 0.3) is 0 Å². The van der Waals surface area contributed by atoms with Gasteiger partial charge in [0.1, 0.15) is 0 Å². The van der Waals surface area contributed by atoms with Crippen molar-refractivity contribution < 1.29 is 9.59 Å². The van der Waals surface area contributed by atoms with E-state index in [9.17, 15) is 9.59 Å². The smallest absolute Gasteiger partial charge is 0.263 e. The molecule has 1 atom stereocenters. The summed E-state index contributed by atoms with van der Waals surface area (Å²) < 4.78 is 0. The van der Waals surface area contributed by atoms with Crippen molar-refractivity contribution in [2.24, 2.45) is 11.7 Å². The first-order valence-corrected chi connectivity index (χ1v) is 5.96. The van der Waals surface area contributed by atoms with Crippen molar-refractivity contribution in [2.75, 3.05) is 6.54 Å². The van der Waals surface area contributed by atoms with E-state index in [1.807, 2.05) is 20.8 Å². The largest absolute Gasteiger partial charge is 0.328 e. The zero-order chi connectivity index (χ0) is 13.5. The van der Waals surface area contributed by atoms with Crippen LogP contribution in [0.3, 0.4) is 0 Å². The maximum atomic E-state index is 12.3. The first-order chi connectivity index (χ1) is 8.43. The molecule has 0 aliphatic carbocycles. The third-order valence-electron chi connectivity index (χ3n) is 3.86. The molecule has 18 heavy (non-hydrogen) atoms. The maximum Gasteiger partial charge on any atom is 0.263 e. The number of carbonyl (C=O) groups excluding carboxylic acids is 2. The SMILES string of the molecule is CC(C)C(C)(CN)N1C(=O)c2ccncc2C1=O. The van der Waals surface area contributed by atoms with Crippen LogP contribution in [-0.2, 0) is 0 Å². The van der Waals surface area contributed by atoms with Crippen molar-refractivity contribution in [3.63, 3.8) is 0 Å². The fourth-order valence-corrected chi connectivity index (χ4v) is 2.13. The van der Waals surface area contributed by atoms with Gasteiger partial charge in [-0.15, -0.1) is 0 Å². The number of nitrogens with two attached hydrogens (primary N) is 1. The second-order valence-electron chi connectivity index (χ2n) is 5.08. The Morgan fingerprint density at radius 1 is 1.33 bits per heavy atom. The van der Waals surface area contributed by atoms with Gasteiger partial charge in [0, 0.05) is 18.9 Å². The Morgan fingerprint density at radius 2 is 1.94 bits per heavy atom. The van der Waals surface area contributed by atoms with E-state index >= 15 is 0 Å². The summed E-state index contributed by atoms with van der Waals surface area (Å²) in [7, 11) is 0. The summed E-state index contributed by atoms with van der Waals surface area (Å²) >= 11 is 0. The molecule has 0 aromatic carbocycles. The van der Waals surface area contributed by atoms with Gasteiger partial charge in [0.15, 0.2) is 0 Å². The average Bonchev–Trinajstić information content (AvgIpc) is 2.62. The Bertz CT molecular complexity index is 478. The van der Waals surface area contributed by atoms with E-state index in [1.54, 1.807) is 6.07 Å². The minimum absolute atomic E-state index is 0.0812. The molecule has 5 nitrogen and oxygen atoms in total. The molecule has 5 heteroatoms. The van der Waals surface area contributed by atoms with E-state index in [0.29, 0.717) is 11.1 Å². The van der Waals surface area contributed by atoms with Gasteiger partial charge in [-0.25, -0.2) is 0 Å². The minimum Gasteiger partial charge on any atom is -0.328 e. The Labute approximate surface area is 106 Å². The lowest BCUT2D eigenvalue weighted by Gasteiger charge is -2.39. The molecule has 96 valence electrons. The molecule has 2 rings (SSSR count). The van der Waals surface area contributed by atoms with Crippen LogP contribution >= 0.6 is 0 Å². The summed E-state index contributed by atoms with van der Waals surface area (Å²) in [5, 5.41) is 0. The predicted molar refractivity (Wildman–Crippen MR) is 67.0 cm³/mol. The van der Waals surface area contributed by atoms with Crippen LogP contribution in [0.2, 0.25) is 0 Å². The highest BCUT2D eigenvalue weighted by atomic mass is 16.2. The molecule has 0 radical (unpaired) electrons. The van der Waals surface area contributed by atoms with Gasteiger partial charge in [0.2, 0.25) is 0 Å². The van der Waals surface area contributed by atoms with Crippen LogP contribution in [0, 0.1) is 5.92 Å². The molecule has 2 N–H and O–H groups in total. The van der Waals surface area contributed by atoms with Crippen LogP contribution in [0.4, 0.5) is 0 Å². The zero-order valence-electron chi connectivity index (χ0n) is 10.8. The molecule has 1 unspecified atom stereocenters. The van der Waals surface area contributed by atoms with Crippen LogP contribution in [-0.4, -0.2) is 33.8 Å². The third-order valence-corrected chi connectivity index (χ3v) is 3.86. The number of fused-ring (bicyclic) bond motifs is 1. The highest BCUT2D eigenvalue weighted by Gasteiger charge is 2.47. The molecule has 0 fully saturated rings. The van der Waals surface area contributed by atoms with E-state index < -0.39 is 5.54 Å². The number of imide groups is 1. The number of carbonyl (C=O) groups is 2. The first-order valence-electron chi connectivity index (χ1n) is 5.96. The van der Waals surface area contributed by atoms with Gasteiger partial charge in [-0.1, -0.05) is 13.8 Å². The summed E-state index contributed by atoms with van der Waals surface area (Å²) in [5.41, 5.74) is 5.89. The second kappa shape index (κ2) is 4.17. The van der Waals surface area contributed by atoms with Gasteiger partial charge in [-0.05, 0) is 18.9 Å². The summed E-state index contributed by atoms with van der Waals surface area (Å²) in [6.45, 7) is 5.99. The van der Waals surface area contributed by atoms with Crippen LogP contribution in [0.5, 0.6) is 0 Å². The van der Waals surface area contributed by atoms with E-state index in [-0.39, 0.29) is 24.3 Å². The maximum absolute atomic E-state index is 12.3. The lowest BCUT2D eigenvalue weighted by atomic mass is 9.86. The summed E-state index contributed by atoms with van der Waals surface area (Å²) in [6, 6.07) is 1.58. The van der Waals surface area contributed by atoms with E-state index in [2.05, 4.69) is 4.98 Å². The highest BCUT2D eigenvalue weighted by molar-refractivity contribution is 6.21. The fourth-order valence-electron chi connectivity index (χ4n) is 2.13. The topological polar surface area (TPSA) is 76.3 Å². The van der Waals surface area contributed by atoms with Crippen molar-refractivity contribution in [1.29, 1.82) is 0 Å². The molecule has 1 aliphatic heterocycles. The summed E-state index contributed by atoms with van der Waals surface area (Å²) in [6.07, 6.45) is 2.95. The molecule has 0 saturated heterocycles. The fraction of sp³-hybridized carbons (Fsp3) is 0.462. The number of hydrogen-bond acceptors (Lipinski definition) is 4. The lowest BCUT2D eigenvalue weighted by Crippen LogP contribution is -2.57. The Hall–Kier alpha value is -1.75. The van der Waals surface area contributed by atoms with Crippen LogP contribution in [0.15, 0.2) is 18.5 Å². The average molecular weight is 247 g/mol. The van der Waals surface area contributed by atoms with Gasteiger partial charge >= 0.3 is 0 Å². The second-order valence-corrected chi connectivity index (χ2v) is 5.08. The monoisotopic (exact) mass is 247 g/mol. The van der Waals surface area contributed by atoms with Gasteiger partial charge in [0.25, 0.3) is 11.8 Å². The number of pyridine rings is 1. The zero-order valence-corrected chi connectivity index (χ0v) is 10.8. The highest BCUT2D eigenvalue weighted by Crippen LogP contribution is 2.32. The molecular formula is C13H17N3O2. The van der Waals surface area contributed by atoms with Gasteiger partial charge in [-0.3, -0.25) is 19.5 Å². The van der Waals surface area contributed by atoms with E-state index in [0.717, 1.165) is 0 Å². The number of aromatic nitrogens is 1. The number of amides is 2. The quantitative estimate of drug-likeness (QED) is 0.810. The number of hydrogen-bond donors (Lipinski definition) is 1. The third kappa shape index (κ3) is 1.54. The molecular weight excluding hydrogens is 230 g/mol. The Morgan fingerprint density at radius 3 is 2.44 bits per heavy atom. The van der Waals surface area contributed by atoms with Gasteiger partial charge in [-0.2, -0.15) is 0 Å². The molecule has 2 amide bonds. The molecule has 1 aromatic heterocycles. The number of rotatable bonds is 3. The number of nitrogens with zero attached hydrogens (tertiary/aromatic N) is 2. The van der Waals surface area contributed by atoms with Gasteiger partial charge in [0.05, 0.1) is 16.7 Å². The summed E-state index contributed by atoms with van der Waals surface area (Å²) in [4.78, 5) is 29.8. The van der Waals surface area contributed by atoms with Crippen molar-refractivity contribution in [1.82, 2.24) is 9.88 Å². The Kier molecular flexibility index (Phi) is 2.94. The van der Waals surface area contributed by atoms with Crippen LogP contribution < -0.4 is 5.73 Å². The molecule has 1 aromatic rings. The molecule has 0 spiro atoms. The van der Waals surface area contributed by atoms with E-state index in [4.69, 9.17) is 5.73 Å². The minimum atomic E-state index is -0.673. The van der Waals surface area contributed by atoms with Crippen LogP contribution in [0.1, 0.15) is 41.5 Å². The lowest BCUT2D eigenvalue weighted by molar-refractivity contribution is 0.0372. The van der Waals surface area contributed by atoms with Gasteiger partial charge < -0.3 is 5.73 Å². The summed E-state index contributed by atoms with van der Waals surface area (Å²) in [5.74, 6) is -0.499. The van der Waals surface area contributed by atoms with E-state index in [1.165, 1.54) is 17.3 Å². The van der Waals surface area contributed by atoms with Crippen molar-refractivity contribution in [2.45, 2.75) is 26.3 Å². The normalized spacial score (nSPS) is 18.2. The van der Waals surface area contributed by atoms with Crippen molar-refractivity contribution >= 4 is 11.8 Å². The molecule has 0 saturated carbocycles. The standard InChI is InChI=1S/C13H17N3O2/c1-8(2)13(3,7-14)16-11(17)9-4-5-15-6-10(9)12(16)18/h4-6,8H,7,14H2,1-3H3. The van der Waals surface area contributed by atoms with Crippen molar-refractivity contribution in [3.05, 3.63) is 29.6 Å². The first kappa shape index (κ1) is 12.7. The van der Waals surface area contributed by atoms with Crippen molar-refractivity contribution in [3.8, 4) is 0 Å². The predicted octanol–water partition coefficient (Wildman–Crippen LogP) is 1.05. The molecule has 2 heterocycles. The Balaban J connectivity index is 2.51.